The summed E-state index contributed by atoms with van der Waals surface area (Å²) in [7, 11) is 0. The van der Waals surface area contributed by atoms with Gasteiger partial charge in [-0.1, -0.05) is 0 Å². The first-order valence-electron chi connectivity index (χ1n) is 4.31. The van der Waals surface area contributed by atoms with Crippen LogP contribution in [0.15, 0.2) is 5.18 Å². The number of carbonyl (C=O) groups is 1. The van der Waals surface area contributed by atoms with Crippen LogP contribution in [0.5, 0.6) is 0 Å². The van der Waals surface area contributed by atoms with Gasteiger partial charge in [-0.25, -0.2) is 4.79 Å². The summed E-state index contributed by atoms with van der Waals surface area (Å²) in [6.45, 7) is -0.758. The number of hydrogen-bond acceptors (Lipinski definition) is 8. The number of hydrogen-bond donors (Lipinski definition) is 5. The molecule has 0 aromatic carbocycles. The van der Waals surface area contributed by atoms with Crippen molar-refractivity contribution in [2.24, 2.45) is 5.18 Å². The first-order valence-corrected chi connectivity index (χ1v) is 4.31. The topological polar surface area (TPSA) is 157 Å². The van der Waals surface area contributed by atoms with Crippen LogP contribution in [0.1, 0.15) is 0 Å². The van der Waals surface area contributed by atoms with Gasteiger partial charge in [-0.3, -0.25) is 0 Å². The maximum Gasteiger partial charge on any atom is 0.337 e. The number of carboxylic acid groups (broad SMARTS) is 1. The Morgan fingerprint density at radius 3 is 2.38 bits per heavy atom. The van der Waals surface area contributed by atoms with Gasteiger partial charge in [0.2, 0.25) is 11.8 Å². The normalized spacial score (nSPS) is 40.6. The van der Waals surface area contributed by atoms with Gasteiger partial charge in [-0.15, -0.1) is 4.91 Å². The molecule has 0 saturated carbocycles. The fraction of sp³-hybridized carbons (Fsp3) is 0.857. The highest BCUT2D eigenvalue weighted by atomic mass is 16.7. The lowest BCUT2D eigenvalue weighted by molar-refractivity contribution is -0.243. The first-order chi connectivity index (χ1) is 7.38. The molecule has 1 saturated heterocycles. The summed E-state index contributed by atoms with van der Waals surface area (Å²) in [6.07, 6.45) is -5.15. The lowest BCUT2D eigenvalue weighted by atomic mass is 9.99. The molecule has 0 aromatic heterocycles. The van der Waals surface area contributed by atoms with Crippen molar-refractivity contribution in [2.75, 3.05) is 6.61 Å². The highest BCUT2D eigenvalue weighted by Crippen LogP contribution is 2.33. The van der Waals surface area contributed by atoms with Crippen LogP contribution in [-0.4, -0.2) is 68.2 Å². The minimum atomic E-state index is -2.85. The van der Waals surface area contributed by atoms with Crippen LogP contribution < -0.4 is 0 Å². The van der Waals surface area contributed by atoms with E-state index in [9.17, 15) is 25.0 Å². The smallest absolute Gasteiger partial charge is 0.337 e. The number of nitrogens with zero attached hydrogens (tertiary/aromatic N) is 1. The number of aliphatic hydroxyl groups is 4. The number of nitroso groups, excluding NO2 is 1. The van der Waals surface area contributed by atoms with Crippen LogP contribution in [0.3, 0.4) is 0 Å². The van der Waals surface area contributed by atoms with Crippen LogP contribution in [0.4, 0.5) is 0 Å². The van der Waals surface area contributed by atoms with E-state index in [0.29, 0.717) is 0 Å². The molecular weight excluding hydrogens is 226 g/mol. The van der Waals surface area contributed by atoms with Gasteiger partial charge in [0.15, 0.2) is 0 Å². The quantitative estimate of drug-likeness (QED) is 0.324. The minimum absolute atomic E-state index is 0.758. The van der Waals surface area contributed by atoms with Gasteiger partial charge in [-0.2, -0.15) is 0 Å². The standard InChI is InChI=1S/C7H11NO8/c9-1-2-3(10)5(11)7(14,16-2)4(8-15)6(12)13/h2-5,9-11,14H,1H2,(H,12,13)/t2-,3-,4?,5-,7+/m1/s1. The number of carboxylic acids is 1. The molecule has 5 N–H and O–H groups in total. The van der Waals surface area contributed by atoms with E-state index >= 15 is 0 Å². The minimum Gasteiger partial charge on any atom is -0.479 e. The fourth-order valence-electron chi connectivity index (χ4n) is 1.50. The van der Waals surface area contributed by atoms with Gasteiger partial charge in [0, 0.05) is 0 Å². The van der Waals surface area contributed by atoms with Crippen molar-refractivity contribution in [3.63, 3.8) is 0 Å². The molecule has 16 heavy (non-hydrogen) atoms. The Morgan fingerprint density at radius 2 is 2.06 bits per heavy atom. The SMILES string of the molecule is O=NC(C(=O)O)[C@]1(O)O[C@H](CO)[C@@H](O)[C@H]1O. The average molecular weight is 237 g/mol. The van der Waals surface area contributed by atoms with E-state index in [1.165, 1.54) is 0 Å². The van der Waals surface area contributed by atoms with Gasteiger partial charge in [0.05, 0.1) is 6.61 Å². The second-order valence-electron chi connectivity index (χ2n) is 3.37. The molecule has 1 fully saturated rings. The molecule has 1 rings (SSSR count). The lowest BCUT2D eigenvalue weighted by Gasteiger charge is -2.27. The first kappa shape index (κ1) is 12.9. The highest BCUT2D eigenvalue weighted by Gasteiger charge is 2.60. The summed E-state index contributed by atoms with van der Waals surface area (Å²) in [6, 6.07) is -2.30. The summed E-state index contributed by atoms with van der Waals surface area (Å²) in [5.74, 6) is -4.66. The van der Waals surface area contributed by atoms with E-state index in [4.69, 9.17) is 10.2 Å². The van der Waals surface area contributed by atoms with Gasteiger partial charge in [0.1, 0.15) is 18.3 Å². The Bertz CT molecular complexity index is 296. The lowest BCUT2D eigenvalue weighted by Crippen LogP contribution is -2.54. The molecule has 0 radical (unpaired) electrons. The molecule has 0 spiro atoms. The third-order valence-electron chi connectivity index (χ3n) is 2.38. The molecule has 1 aliphatic heterocycles. The van der Waals surface area contributed by atoms with E-state index in [1.54, 1.807) is 0 Å². The van der Waals surface area contributed by atoms with Crippen molar-refractivity contribution >= 4 is 5.97 Å². The maximum absolute atomic E-state index is 10.6. The zero-order chi connectivity index (χ0) is 12.5. The Kier molecular flexibility index (Phi) is 3.55. The molecule has 0 aromatic rings. The molecule has 0 amide bonds. The average Bonchev–Trinajstić information content (AvgIpc) is 2.44. The Balaban J connectivity index is 3.01. The number of rotatable bonds is 4. The Morgan fingerprint density at radius 1 is 1.50 bits per heavy atom. The largest absolute Gasteiger partial charge is 0.479 e. The van der Waals surface area contributed by atoms with Crippen LogP contribution in [0.25, 0.3) is 0 Å². The molecule has 92 valence electrons. The molecule has 9 nitrogen and oxygen atoms in total. The van der Waals surface area contributed by atoms with Gasteiger partial charge < -0.3 is 30.3 Å². The second kappa shape index (κ2) is 4.39. The number of aliphatic carboxylic acids is 1. The molecule has 1 unspecified atom stereocenters. The van der Waals surface area contributed by atoms with E-state index in [2.05, 4.69) is 9.91 Å². The summed E-state index contributed by atoms with van der Waals surface area (Å²) in [5, 5.41) is 47.7. The number of ether oxygens (including phenoxy) is 1. The van der Waals surface area contributed by atoms with Crippen LogP contribution >= 0.6 is 0 Å². The predicted molar refractivity (Wildman–Crippen MR) is 46.1 cm³/mol. The maximum atomic E-state index is 10.6. The zero-order valence-electron chi connectivity index (χ0n) is 7.92. The van der Waals surface area contributed by atoms with Gasteiger partial charge in [0.25, 0.3) is 0 Å². The summed E-state index contributed by atoms with van der Waals surface area (Å²) >= 11 is 0. The second-order valence-corrected chi connectivity index (χ2v) is 3.37. The third-order valence-corrected chi connectivity index (χ3v) is 2.38. The summed E-state index contributed by atoms with van der Waals surface area (Å²) < 4.78 is 4.57. The molecular formula is C7H11NO8. The van der Waals surface area contributed by atoms with E-state index in [0.717, 1.165) is 0 Å². The van der Waals surface area contributed by atoms with Crippen LogP contribution in [0, 0.1) is 4.91 Å². The van der Waals surface area contributed by atoms with Crippen LogP contribution in [-0.2, 0) is 9.53 Å². The number of aliphatic hydroxyl groups excluding tert-OH is 3. The Labute approximate surface area is 88.9 Å². The van der Waals surface area contributed by atoms with E-state index in [1.807, 2.05) is 0 Å². The summed E-state index contributed by atoms with van der Waals surface area (Å²) in [4.78, 5) is 20.8. The predicted octanol–water partition coefficient (Wildman–Crippen LogP) is -2.99. The fourth-order valence-corrected chi connectivity index (χ4v) is 1.50. The molecule has 1 aliphatic rings. The molecule has 0 aliphatic carbocycles. The van der Waals surface area contributed by atoms with Gasteiger partial charge in [-0.05, 0) is 5.18 Å². The van der Waals surface area contributed by atoms with Crippen molar-refractivity contribution in [1.82, 2.24) is 0 Å². The zero-order valence-corrected chi connectivity index (χ0v) is 7.92. The highest BCUT2D eigenvalue weighted by molar-refractivity contribution is 5.75. The molecule has 5 atom stereocenters. The van der Waals surface area contributed by atoms with Crippen molar-refractivity contribution in [1.29, 1.82) is 0 Å². The van der Waals surface area contributed by atoms with E-state index < -0.39 is 42.7 Å². The van der Waals surface area contributed by atoms with E-state index in [-0.39, 0.29) is 0 Å². The van der Waals surface area contributed by atoms with Crippen LogP contribution in [0.2, 0.25) is 0 Å². The van der Waals surface area contributed by atoms with Crippen molar-refractivity contribution < 1.29 is 35.1 Å². The molecule has 1 heterocycles. The van der Waals surface area contributed by atoms with Crippen molar-refractivity contribution in [3.05, 3.63) is 4.91 Å². The Hall–Kier alpha value is -1.13. The van der Waals surface area contributed by atoms with Gasteiger partial charge >= 0.3 is 5.97 Å². The molecule has 9 heteroatoms. The van der Waals surface area contributed by atoms with Crippen molar-refractivity contribution in [2.45, 2.75) is 30.1 Å². The van der Waals surface area contributed by atoms with Crippen molar-refractivity contribution in [3.8, 4) is 0 Å². The monoisotopic (exact) mass is 237 g/mol. The third kappa shape index (κ3) is 1.79. The summed E-state index contributed by atoms with van der Waals surface area (Å²) in [5.41, 5.74) is 0. The molecule has 0 bridgehead atoms.